The van der Waals surface area contributed by atoms with Crippen molar-refractivity contribution in [3.8, 4) is 22.5 Å². The van der Waals surface area contributed by atoms with Crippen molar-refractivity contribution in [3.63, 3.8) is 0 Å². The smallest absolute Gasteiger partial charge is 0.219 e. The number of hydrogen-bond acceptors (Lipinski definition) is 14. The van der Waals surface area contributed by atoms with E-state index in [4.69, 9.17) is 11.5 Å². The Balaban J connectivity index is 0.000000162. The Kier molecular flexibility index (Phi) is 11.2. The monoisotopic (exact) mass is 856 g/mol. The summed E-state index contributed by atoms with van der Waals surface area (Å²) >= 11 is 0. The fraction of sp³-hybridized carbons (Fsp3) is 0.261. The van der Waals surface area contributed by atoms with E-state index < -0.39 is 0 Å². The minimum absolute atomic E-state index is 0.105. The zero-order valence-electron chi connectivity index (χ0n) is 36.0. The minimum Gasteiger partial charge on any atom is -0.383 e. The van der Waals surface area contributed by atoms with Gasteiger partial charge in [0.25, 0.3) is 0 Å². The Morgan fingerprint density at radius 2 is 1.06 bits per heavy atom. The van der Waals surface area contributed by atoms with Crippen LogP contribution in [0, 0.1) is 13.8 Å². The molecule has 2 saturated heterocycles. The maximum Gasteiger partial charge on any atom is 0.219 e. The summed E-state index contributed by atoms with van der Waals surface area (Å²) in [5, 5.41) is 19.1. The number of aromatic nitrogens is 10. The lowest BCUT2D eigenvalue weighted by Gasteiger charge is -2.14. The van der Waals surface area contributed by atoms with Gasteiger partial charge in [0.1, 0.15) is 23.3 Å². The number of nitrogens with one attached hydrogen (secondary N) is 2. The molecule has 2 amide bonds. The molecule has 18 nitrogen and oxygen atoms in total. The number of pyridine rings is 6. The van der Waals surface area contributed by atoms with E-state index in [1.807, 2.05) is 81.8 Å². The molecule has 6 N–H and O–H groups in total. The molecule has 8 aromatic rings. The summed E-state index contributed by atoms with van der Waals surface area (Å²) in [6.45, 7) is 10.2. The minimum atomic E-state index is 0.105. The summed E-state index contributed by atoms with van der Waals surface area (Å²) in [7, 11) is 0. The van der Waals surface area contributed by atoms with Crippen LogP contribution in [-0.4, -0.2) is 97.3 Å². The van der Waals surface area contributed by atoms with Crippen molar-refractivity contribution in [1.82, 2.24) is 59.3 Å². The molecule has 0 aliphatic carbocycles. The van der Waals surface area contributed by atoms with Crippen molar-refractivity contribution in [2.24, 2.45) is 0 Å². The molecule has 8 aromatic heterocycles. The molecule has 1 unspecified atom stereocenters. The lowest BCUT2D eigenvalue weighted by Crippen LogP contribution is -2.26. The Bertz CT molecular complexity index is 2830. The molecule has 10 rings (SSSR count). The number of nitrogens with two attached hydrogens (primary N) is 2. The van der Waals surface area contributed by atoms with Gasteiger partial charge >= 0.3 is 0 Å². The summed E-state index contributed by atoms with van der Waals surface area (Å²) in [5.41, 5.74) is 19.7. The summed E-state index contributed by atoms with van der Waals surface area (Å²) in [5.74, 6) is 2.45. The number of likely N-dealkylation sites (tertiary alicyclic amines) is 2. The van der Waals surface area contributed by atoms with E-state index in [9.17, 15) is 9.59 Å². The van der Waals surface area contributed by atoms with Gasteiger partial charge in [0.15, 0.2) is 0 Å². The molecule has 18 heteroatoms. The number of nitrogen functional groups attached to an aromatic ring is 2. The number of hydrogen-bond donors (Lipinski definition) is 4. The molecule has 2 fully saturated rings. The molecule has 0 saturated carbocycles. The Morgan fingerprint density at radius 3 is 1.45 bits per heavy atom. The number of aryl methyl sites for hydroxylation is 2. The van der Waals surface area contributed by atoms with E-state index in [1.54, 1.807) is 63.4 Å². The number of carbonyl (C=O) groups is 2. The van der Waals surface area contributed by atoms with Crippen molar-refractivity contribution in [2.45, 2.75) is 52.6 Å². The normalized spacial score (nSPS) is 15.9. The zero-order valence-corrected chi connectivity index (χ0v) is 36.0. The van der Waals surface area contributed by atoms with Crippen molar-refractivity contribution in [1.29, 1.82) is 0 Å². The summed E-state index contributed by atoms with van der Waals surface area (Å²) in [4.78, 5) is 53.4. The van der Waals surface area contributed by atoms with Crippen molar-refractivity contribution in [3.05, 3.63) is 109 Å². The van der Waals surface area contributed by atoms with Gasteiger partial charge in [-0.25, -0.2) is 19.9 Å². The topological polar surface area (TPSA) is 230 Å². The third kappa shape index (κ3) is 8.70. The lowest BCUT2D eigenvalue weighted by molar-refractivity contribution is -0.128. The lowest BCUT2D eigenvalue weighted by atomic mass is 10.1. The van der Waals surface area contributed by atoms with E-state index in [-0.39, 0.29) is 23.9 Å². The second-order valence-corrected chi connectivity index (χ2v) is 16.2. The van der Waals surface area contributed by atoms with Crippen molar-refractivity contribution < 1.29 is 9.59 Å². The van der Waals surface area contributed by atoms with Crippen LogP contribution in [0.1, 0.15) is 49.9 Å². The van der Waals surface area contributed by atoms with Gasteiger partial charge in [-0.1, -0.05) is 0 Å². The van der Waals surface area contributed by atoms with Crippen LogP contribution in [-0.2, 0) is 9.59 Å². The molecule has 2 aliphatic rings. The highest BCUT2D eigenvalue weighted by atomic mass is 16.2. The van der Waals surface area contributed by atoms with Gasteiger partial charge in [0.05, 0.1) is 47.2 Å². The molecule has 324 valence electrons. The molecule has 2 aliphatic heterocycles. The number of fused-ring (bicyclic) bond motifs is 2. The molecular weight excluding hydrogens is 809 g/mol. The van der Waals surface area contributed by atoms with E-state index in [1.165, 1.54) is 0 Å². The number of carbonyl (C=O) groups excluding carboxylic acids is 2. The molecule has 0 bridgehead atoms. The third-order valence-corrected chi connectivity index (χ3v) is 11.8. The SMILES string of the molecule is CC(=O)N1CCC(n2cc(Nc3cc4cc(-c5cnccc5C)nc(N)c4cn3)cn2)C1.CC(=O)N1CC[C@H](n2cc(Nc3cc4cc(-c5cnccc5C)nc(N)c4cn3)cn2)C1. The van der Waals surface area contributed by atoms with Crippen LogP contribution >= 0.6 is 0 Å². The molecule has 0 spiro atoms. The van der Waals surface area contributed by atoms with Crippen molar-refractivity contribution >= 4 is 68.0 Å². The fourth-order valence-electron chi connectivity index (χ4n) is 8.21. The predicted octanol–water partition coefficient (Wildman–Crippen LogP) is 6.63. The van der Waals surface area contributed by atoms with Gasteiger partial charge in [-0.15, -0.1) is 0 Å². The van der Waals surface area contributed by atoms with Crippen LogP contribution in [0.15, 0.2) is 98.4 Å². The quantitative estimate of drug-likeness (QED) is 0.126. The average Bonchev–Trinajstić information content (AvgIpc) is 4.12. The Hall–Kier alpha value is -8.02. The number of rotatable bonds is 8. The molecule has 10 heterocycles. The number of anilines is 6. The summed E-state index contributed by atoms with van der Waals surface area (Å²) in [6, 6.07) is 12.2. The first kappa shape index (κ1) is 41.3. The van der Waals surface area contributed by atoms with E-state index in [2.05, 4.69) is 50.7 Å². The van der Waals surface area contributed by atoms with Crippen LogP contribution in [0.3, 0.4) is 0 Å². The predicted molar refractivity (Wildman–Crippen MR) is 247 cm³/mol. The van der Waals surface area contributed by atoms with Gasteiger partial charge < -0.3 is 31.9 Å². The van der Waals surface area contributed by atoms with Crippen LogP contribution < -0.4 is 22.1 Å². The largest absolute Gasteiger partial charge is 0.383 e. The standard InChI is InChI=1S/2C23H24N8O/c2*1-14-3-5-25-10-19(14)21-7-16-8-22(26-11-20(16)23(24)29-21)28-17-9-27-31(12-17)18-4-6-30(13-18)15(2)32/h2*3,5,7-12,18H,4,6,13H2,1-2H3,(H2,24,29)(H,26,28)/t18-;/m0./s1. The fourth-order valence-corrected chi connectivity index (χ4v) is 8.21. The van der Waals surface area contributed by atoms with Crippen LogP contribution in [0.5, 0.6) is 0 Å². The van der Waals surface area contributed by atoms with Gasteiger partial charge in [-0.2, -0.15) is 10.2 Å². The second-order valence-electron chi connectivity index (χ2n) is 16.2. The molecule has 64 heavy (non-hydrogen) atoms. The first-order valence-corrected chi connectivity index (χ1v) is 21.0. The first-order valence-electron chi connectivity index (χ1n) is 21.0. The zero-order chi connectivity index (χ0) is 44.5. The van der Waals surface area contributed by atoms with Gasteiger partial charge in [-0.05, 0) is 85.0 Å². The maximum atomic E-state index is 11.6. The van der Waals surface area contributed by atoms with Gasteiger partial charge in [-0.3, -0.25) is 28.9 Å². The highest BCUT2D eigenvalue weighted by Crippen LogP contribution is 2.32. The average molecular weight is 857 g/mol. The van der Waals surface area contributed by atoms with E-state index >= 15 is 0 Å². The van der Waals surface area contributed by atoms with Crippen LogP contribution in [0.2, 0.25) is 0 Å². The first-order chi connectivity index (χ1) is 30.9. The Morgan fingerprint density at radius 1 is 0.625 bits per heavy atom. The van der Waals surface area contributed by atoms with Crippen LogP contribution in [0.4, 0.5) is 34.6 Å². The highest BCUT2D eigenvalue weighted by molar-refractivity contribution is 5.96. The third-order valence-electron chi connectivity index (χ3n) is 11.8. The van der Waals surface area contributed by atoms with Gasteiger partial charge in [0.2, 0.25) is 11.8 Å². The maximum absolute atomic E-state index is 11.6. The van der Waals surface area contributed by atoms with E-state index in [0.717, 1.165) is 92.5 Å². The molecular formula is C46H48N16O2. The second kappa shape index (κ2) is 17.4. The highest BCUT2D eigenvalue weighted by Gasteiger charge is 2.27. The Labute approximate surface area is 368 Å². The number of amides is 2. The van der Waals surface area contributed by atoms with Crippen molar-refractivity contribution in [2.75, 3.05) is 48.3 Å². The van der Waals surface area contributed by atoms with E-state index in [0.29, 0.717) is 36.4 Å². The molecule has 2 atom stereocenters. The molecule has 0 radical (unpaired) electrons. The summed E-state index contributed by atoms with van der Waals surface area (Å²) < 4.78 is 3.83. The summed E-state index contributed by atoms with van der Waals surface area (Å²) in [6.07, 6.45) is 19.8. The van der Waals surface area contributed by atoms with Gasteiger partial charge in [0, 0.05) is 112 Å². The number of nitrogens with zero attached hydrogens (tertiary/aromatic N) is 12. The van der Waals surface area contributed by atoms with Crippen LogP contribution in [0.25, 0.3) is 44.1 Å². The molecule has 0 aromatic carbocycles.